The standard InChI is InChI=1S/C20H15ClN4O2/c1-27-19-7-6-14(21)10-17(19)25-20(26)18-11-15(8-9-23-18)24-16-5-3-2-4-13(16)12-22/h2-11H,1H3,(H,23,24)(H,25,26). The van der Waals surface area contributed by atoms with Crippen molar-refractivity contribution in [2.75, 3.05) is 17.7 Å². The van der Waals surface area contributed by atoms with E-state index < -0.39 is 5.91 Å². The average molecular weight is 379 g/mol. The Morgan fingerprint density at radius 2 is 1.96 bits per heavy atom. The molecule has 0 aliphatic rings. The summed E-state index contributed by atoms with van der Waals surface area (Å²) in [7, 11) is 1.51. The molecule has 0 spiro atoms. The van der Waals surface area contributed by atoms with Crippen LogP contribution in [-0.4, -0.2) is 18.0 Å². The van der Waals surface area contributed by atoms with E-state index in [0.717, 1.165) is 0 Å². The van der Waals surface area contributed by atoms with Crippen LogP contribution in [0.4, 0.5) is 17.1 Å². The second-order valence-electron chi connectivity index (χ2n) is 5.51. The largest absolute Gasteiger partial charge is 0.495 e. The summed E-state index contributed by atoms with van der Waals surface area (Å²) in [4.78, 5) is 16.7. The van der Waals surface area contributed by atoms with Crippen molar-refractivity contribution in [3.8, 4) is 11.8 Å². The number of benzene rings is 2. The van der Waals surface area contributed by atoms with Crippen molar-refractivity contribution < 1.29 is 9.53 Å². The number of hydrogen-bond donors (Lipinski definition) is 2. The number of methoxy groups -OCH3 is 1. The highest BCUT2D eigenvalue weighted by Crippen LogP contribution is 2.28. The van der Waals surface area contributed by atoms with Crippen LogP contribution in [0.1, 0.15) is 16.1 Å². The lowest BCUT2D eigenvalue weighted by atomic mass is 10.2. The molecule has 0 fully saturated rings. The second kappa shape index (κ2) is 8.21. The minimum atomic E-state index is -0.409. The molecule has 0 unspecified atom stereocenters. The molecule has 2 aromatic carbocycles. The van der Waals surface area contributed by atoms with Crippen molar-refractivity contribution in [2.45, 2.75) is 0 Å². The van der Waals surface area contributed by atoms with Gasteiger partial charge in [0.2, 0.25) is 0 Å². The zero-order valence-electron chi connectivity index (χ0n) is 14.4. The Bertz CT molecular complexity index is 1030. The minimum absolute atomic E-state index is 0.205. The maximum absolute atomic E-state index is 12.6. The number of para-hydroxylation sites is 1. The molecule has 134 valence electrons. The summed E-state index contributed by atoms with van der Waals surface area (Å²) >= 11 is 5.99. The maximum atomic E-state index is 12.6. The summed E-state index contributed by atoms with van der Waals surface area (Å²) in [6, 6.07) is 17.5. The molecule has 0 aliphatic heterocycles. The van der Waals surface area contributed by atoms with Gasteiger partial charge in [-0.15, -0.1) is 0 Å². The zero-order chi connectivity index (χ0) is 19.2. The fraction of sp³-hybridized carbons (Fsp3) is 0.0500. The van der Waals surface area contributed by atoms with E-state index in [-0.39, 0.29) is 5.69 Å². The summed E-state index contributed by atoms with van der Waals surface area (Å²) in [6.45, 7) is 0. The lowest BCUT2D eigenvalue weighted by Crippen LogP contribution is -2.14. The molecule has 0 saturated heterocycles. The summed E-state index contributed by atoms with van der Waals surface area (Å²) in [6.07, 6.45) is 1.52. The molecule has 3 rings (SSSR count). The van der Waals surface area contributed by atoms with Crippen LogP contribution in [0.2, 0.25) is 5.02 Å². The van der Waals surface area contributed by atoms with Gasteiger partial charge in [-0.3, -0.25) is 9.78 Å². The second-order valence-corrected chi connectivity index (χ2v) is 5.95. The molecule has 0 aliphatic carbocycles. The van der Waals surface area contributed by atoms with Gasteiger partial charge in [-0.2, -0.15) is 5.26 Å². The van der Waals surface area contributed by atoms with Crippen molar-refractivity contribution in [1.29, 1.82) is 5.26 Å². The Labute approximate surface area is 161 Å². The highest BCUT2D eigenvalue weighted by molar-refractivity contribution is 6.31. The maximum Gasteiger partial charge on any atom is 0.274 e. The Morgan fingerprint density at radius 3 is 2.74 bits per heavy atom. The van der Waals surface area contributed by atoms with Crippen LogP contribution in [0, 0.1) is 11.3 Å². The Balaban J connectivity index is 1.82. The molecule has 6 nitrogen and oxygen atoms in total. The smallest absolute Gasteiger partial charge is 0.274 e. The molecule has 1 amide bonds. The average Bonchev–Trinajstić information content (AvgIpc) is 2.69. The number of anilines is 3. The van der Waals surface area contributed by atoms with Crippen molar-refractivity contribution in [2.24, 2.45) is 0 Å². The predicted molar refractivity (Wildman–Crippen MR) is 105 cm³/mol. The number of hydrogen-bond acceptors (Lipinski definition) is 5. The zero-order valence-corrected chi connectivity index (χ0v) is 15.1. The van der Waals surface area contributed by atoms with Gasteiger partial charge in [0.15, 0.2) is 0 Å². The van der Waals surface area contributed by atoms with Crippen molar-refractivity contribution in [1.82, 2.24) is 4.98 Å². The highest BCUT2D eigenvalue weighted by atomic mass is 35.5. The van der Waals surface area contributed by atoms with E-state index in [1.54, 1.807) is 48.5 Å². The van der Waals surface area contributed by atoms with Crippen LogP contribution in [0.25, 0.3) is 0 Å². The summed E-state index contributed by atoms with van der Waals surface area (Å²) < 4.78 is 5.23. The summed E-state index contributed by atoms with van der Waals surface area (Å²) in [5, 5.41) is 15.5. The molecule has 1 heterocycles. The Hall–Kier alpha value is -3.56. The molecule has 3 aromatic rings. The minimum Gasteiger partial charge on any atom is -0.495 e. The normalized spacial score (nSPS) is 9.96. The fourth-order valence-corrected chi connectivity index (χ4v) is 2.61. The van der Waals surface area contributed by atoms with Crippen molar-refractivity contribution in [3.63, 3.8) is 0 Å². The number of halogens is 1. The molecule has 2 N–H and O–H groups in total. The lowest BCUT2D eigenvalue weighted by molar-refractivity contribution is 0.102. The number of rotatable bonds is 5. The number of carbonyl (C=O) groups excluding carboxylic acids is 1. The topological polar surface area (TPSA) is 87.0 Å². The van der Waals surface area contributed by atoms with Gasteiger partial charge in [-0.05, 0) is 42.5 Å². The number of nitrogens with zero attached hydrogens (tertiary/aromatic N) is 2. The molecule has 0 atom stereocenters. The number of carbonyl (C=O) groups is 1. The van der Waals surface area contributed by atoms with Crippen LogP contribution in [0.5, 0.6) is 5.75 Å². The molecule has 7 heteroatoms. The van der Waals surface area contributed by atoms with E-state index >= 15 is 0 Å². The van der Waals surface area contributed by atoms with Gasteiger partial charge < -0.3 is 15.4 Å². The van der Waals surface area contributed by atoms with Crippen LogP contribution < -0.4 is 15.4 Å². The van der Waals surface area contributed by atoms with Gasteiger partial charge in [-0.1, -0.05) is 23.7 Å². The number of nitrogens with one attached hydrogen (secondary N) is 2. The van der Waals surface area contributed by atoms with Gasteiger partial charge in [0, 0.05) is 16.9 Å². The first-order chi connectivity index (χ1) is 13.1. The van der Waals surface area contributed by atoms with E-state index in [9.17, 15) is 10.1 Å². The van der Waals surface area contributed by atoms with E-state index in [2.05, 4.69) is 21.7 Å². The molecular weight excluding hydrogens is 364 g/mol. The van der Waals surface area contributed by atoms with Gasteiger partial charge >= 0.3 is 0 Å². The third-order valence-corrected chi connectivity index (χ3v) is 3.96. The van der Waals surface area contributed by atoms with Crippen LogP contribution in [0.15, 0.2) is 60.8 Å². The van der Waals surface area contributed by atoms with E-state index in [4.69, 9.17) is 16.3 Å². The van der Waals surface area contributed by atoms with Crippen molar-refractivity contribution in [3.05, 3.63) is 77.1 Å². The quantitative estimate of drug-likeness (QED) is 0.676. The number of nitriles is 1. The predicted octanol–water partition coefficient (Wildman–Crippen LogP) is 4.61. The van der Waals surface area contributed by atoms with Crippen LogP contribution in [0.3, 0.4) is 0 Å². The molecular formula is C20H15ClN4O2. The summed E-state index contributed by atoms with van der Waals surface area (Å²) in [5.74, 6) is 0.0813. The van der Waals surface area contributed by atoms with Crippen LogP contribution >= 0.6 is 11.6 Å². The third kappa shape index (κ3) is 4.35. The first-order valence-corrected chi connectivity index (χ1v) is 8.35. The monoisotopic (exact) mass is 378 g/mol. The van der Waals surface area contributed by atoms with Gasteiger partial charge in [0.25, 0.3) is 5.91 Å². The van der Waals surface area contributed by atoms with Gasteiger partial charge in [0.05, 0.1) is 24.0 Å². The van der Waals surface area contributed by atoms with Crippen LogP contribution in [-0.2, 0) is 0 Å². The third-order valence-electron chi connectivity index (χ3n) is 3.73. The molecule has 0 bridgehead atoms. The van der Waals surface area contributed by atoms with Gasteiger partial charge in [0.1, 0.15) is 17.5 Å². The molecule has 0 saturated carbocycles. The van der Waals surface area contributed by atoms with E-state index in [0.29, 0.717) is 33.4 Å². The number of aromatic nitrogens is 1. The lowest BCUT2D eigenvalue weighted by Gasteiger charge is -2.11. The number of ether oxygens (including phenoxy) is 1. The van der Waals surface area contributed by atoms with E-state index in [1.165, 1.54) is 13.3 Å². The Morgan fingerprint density at radius 1 is 1.15 bits per heavy atom. The fourth-order valence-electron chi connectivity index (χ4n) is 2.44. The number of amides is 1. The number of pyridine rings is 1. The first-order valence-electron chi connectivity index (χ1n) is 7.98. The molecule has 1 aromatic heterocycles. The van der Waals surface area contributed by atoms with E-state index in [1.807, 2.05) is 6.07 Å². The molecule has 0 radical (unpaired) electrons. The highest BCUT2D eigenvalue weighted by Gasteiger charge is 2.12. The Kier molecular flexibility index (Phi) is 5.55. The SMILES string of the molecule is COc1ccc(Cl)cc1NC(=O)c1cc(Nc2ccccc2C#N)ccn1. The summed E-state index contributed by atoms with van der Waals surface area (Å²) in [5.41, 5.74) is 2.44. The first kappa shape index (κ1) is 18.2. The van der Waals surface area contributed by atoms with Gasteiger partial charge in [-0.25, -0.2) is 0 Å². The molecule has 27 heavy (non-hydrogen) atoms. The van der Waals surface area contributed by atoms with Crippen molar-refractivity contribution >= 4 is 34.6 Å².